The van der Waals surface area contributed by atoms with E-state index in [9.17, 15) is 18.0 Å². The Kier molecular flexibility index (Phi) is 4.56. The summed E-state index contributed by atoms with van der Waals surface area (Å²) in [6, 6.07) is 2.97. The van der Waals surface area contributed by atoms with Gasteiger partial charge in [0.05, 0.1) is 25.4 Å². The average Bonchev–Trinajstić information content (AvgIpc) is 2.67. The lowest BCUT2D eigenvalue weighted by atomic mass is 10.2. The Morgan fingerprint density at radius 1 is 1.53 bits per heavy atom. The van der Waals surface area contributed by atoms with Gasteiger partial charge in [-0.3, -0.25) is 4.79 Å². The molecule has 0 saturated carbocycles. The van der Waals surface area contributed by atoms with E-state index in [1.54, 1.807) is 19.1 Å². The molecule has 0 aliphatic carbocycles. The molecule has 0 saturated heterocycles. The van der Waals surface area contributed by atoms with E-state index >= 15 is 0 Å². The Morgan fingerprint density at radius 2 is 2.24 bits per heavy atom. The van der Waals surface area contributed by atoms with Crippen molar-refractivity contribution >= 4 is 5.91 Å². The highest BCUT2D eigenvalue weighted by Gasteiger charge is 2.26. The zero-order valence-electron chi connectivity index (χ0n) is 9.17. The number of hydrogen-bond acceptors (Lipinski definition) is 3. The maximum atomic E-state index is 11.8. The SMILES string of the molecule is CC(NC(=O)CNCC(F)(F)F)c1ccco1. The molecule has 96 valence electrons. The van der Waals surface area contributed by atoms with Gasteiger partial charge in [-0.1, -0.05) is 0 Å². The number of rotatable bonds is 5. The lowest BCUT2D eigenvalue weighted by Gasteiger charge is -2.12. The smallest absolute Gasteiger partial charge is 0.401 e. The van der Waals surface area contributed by atoms with Crippen LogP contribution in [0.4, 0.5) is 13.2 Å². The van der Waals surface area contributed by atoms with Crippen molar-refractivity contribution in [2.24, 2.45) is 0 Å². The van der Waals surface area contributed by atoms with Crippen molar-refractivity contribution in [3.8, 4) is 0 Å². The number of carbonyl (C=O) groups excluding carboxylic acids is 1. The summed E-state index contributed by atoms with van der Waals surface area (Å²) in [4.78, 5) is 11.3. The normalized spacial score (nSPS) is 13.4. The van der Waals surface area contributed by atoms with Crippen LogP contribution in [0.25, 0.3) is 0 Å². The second-order valence-corrected chi connectivity index (χ2v) is 3.52. The first kappa shape index (κ1) is 13.6. The number of halogens is 3. The molecule has 0 aromatic carbocycles. The highest BCUT2D eigenvalue weighted by Crippen LogP contribution is 2.13. The van der Waals surface area contributed by atoms with Crippen LogP contribution in [-0.4, -0.2) is 25.2 Å². The molecule has 2 N–H and O–H groups in total. The van der Waals surface area contributed by atoms with Crippen molar-refractivity contribution in [1.29, 1.82) is 0 Å². The van der Waals surface area contributed by atoms with Crippen molar-refractivity contribution < 1.29 is 22.4 Å². The first-order valence-electron chi connectivity index (χ1n) is 4.99. The van der Waals surface area contributed by atoms with Crippen molar-refractivity contribution in [1.82, 2.24) is 10.6 Å². The van der Waals surface area contributed by atoms with Crippen LogP contribution in [0.15, 0.2) is 22.8 Å². The average molecular weight is 250 g/mol. The molecular formula is C10H13F3N2O2. The summed E-state index contributed by atoms with van der Waals surface area (Å²) >= 11 is 0. The van der Waals surface area contributed by atoms with Crippen LogP contribution < -0.4 is 10.6 Å². The van der Waals surface area contributed by atoms with Crippen LogP contribution in [0.2, 0.25) is 0 Å². The molecule has 1 amide bonds. The van der Waals surface area contributed by atoms with Gasteiger partial charge < -0.3 is 15.1 Å². The van der Waals surface area contributed by atoms with Crippen molar-refractivity contribution in [3.63, 3.8) is 0 Å². The van der Waals surface area contributed by atoms with Gasteiger partial charge in [0.15, 0.2) is 0 Å². The van der Waals surface area contributed by atoms with E-state index in [1.165, 1.54) is 6.26 Å². The van der Waals surface area contributed by atoms with Gasteiger partial charge >= 0.3 is 6.18 Å². The molecule has 1 aromatic heterocycles. The van der Waals surface area contributed by atoms with E-state index < -0.39 is 18.6 Å². The Hall–Kier alpha value is -1.50. The molecule has 0 aliphatic rings. The van der Waals surface area contributed by atoms with Gasteiger partial charge in [-0.2, -0.15) is 13.2 Å². The number of carbonyl (C=O) groups is 1. The summed E-state index contributed by atoms with van der Waals surface area (Å²) in [7, 11) is 0. The predicted molar refractivity (Wildman–Crippen MR) is 54.2 cm³/mol. The van der Waals surface area contributed by atoms with E-state index in [-0.39, 0.29) is 12.6 Å². The van der Waals surface area contributed by atoms with Gasteiger partial charge in [-0.15, -0.1) is 0 Å². The monoisotopic (exact) mass is 250 g/mol. The topological polar surface area (TPSA) is 54.3 Å². The van der Waals surface area contributed by atoms with E-state index in [0.29, 0.717) is 5.76 Å². The van der Waals surface area contributed by atoms with Crippen molar-refractivity contribution in [2.45, 2.75) is 19.1 Å². The molecule has 1 atom stereocenters. The fourth-order valence-corrected chi connectivity index (χ4v) is 1.22. The van der Waals surface area contributed by atoms with Gasteiger partial charge in [-0.25, -0.2) is 0 Å². The molecule has 1 aromatic rings. The fourth-order valence-electron chi connectivity index (χ4n) is 1.22. The Morgan fingerprint density at radius 3 is 2.76 bits per heavy atom. The van der Waals surface area contributed by atoms with Gasteiger partial charge in [0.2, 0.25) is 5.91 Å². The second kappa shape index (κ2) is 5.72. The number of amides is 1. The van der Waals surface area contributed by atoms with Crippen LogP contribution in [0, 0.1) is 0 Å². The van der Waals surface area contributed by atoms with E-state index in [1.807, 2.05) is 5.32 Å². The Labute approximate surface area is 96.2 Å². The maximum absolute atomic E-state index is 11.8. The van der Waals surface area contributed by atoms with Crippen LogP contribution in [0.1, 0.15) is 18.7 Å². The molecular weight excluding hydrogens is 237 g/mol. The molecule has 0 radical (unpaired) electrons. The molecule has 17 heavy (non-hydrogen) atoms. The number of furan rings is 1. The zero-order chi connectivity index (χ0) is 12.9. The highest BCUT2D eigenvalue weighted by atomic mass is 19.4. The largest absolute Gasteiger partial charge is 0.467 e. The van der Waals surface area contributed by atoms with Crippen molar-refractivity contribution in [3.05, 3.63) is 24.2 Å². The van der Waals surface area contributed by atoms with E-state index in [0.717, 1.165) is 0 Å². The quantitative estimate of drug-likeness (QED) is 0.834. The minimum absolute atomic E-state index is 0.370. The lowest BCUT2D eigenvalue weighted by Crippen LogP contribution is -2.39. The van der Waals surface area contributed by atoms with E-state index in [2.05, 4.69) is 5.32 Å². The molecule has 1 unspecified atom stereocenters. The maximum Gasteiger partial charge on any atom is 0.401 e. The summed E-state index contributed by atoms with van der Waals surface area (Å²) < 4.78 is 40.4. The first-order chi connectivity index (χ1) is 7.88. The second-order valence-electron chi connectivity index (χ2n) is 3.52. The summed E-state index contributed by atoms with van der Waals surface area (Å²) in [5.41, 5.74) is 0. The van der Waals surface area contributed by atoms with Crippen LogP contribution in [0.5, 0.6) is 0 Å². The molecule has 0 bridgehead atoms. The van der Waals surface area contributed by atoms with Gasteiger partial charge in [0.1, 0.15) is 5.76 Å². The van der Waals surface area contributed by atoms with Gasteiger partial charge in [0.25, 0.3) is 0 Å². The van der Waals surface area contributed by atoms with Gasteiger partial charge in [0, 0.05) is 0 Å². The van der Waals surface area contributed by atoms with Gasteiger partial charge in [-0.05, 0) is 19.1 Å². The number of nitrogens with one attached hydrogen (secondary N) is 2. The third-order valence-electron chi connectivity index (χ3n) is 1.96. The molecule has 0 spiro atoms. The molecule has 7 heteroatoms. The summed E-state index contributed by atoms with van der Waals surface area (Å²) in [6.07, 6.45) is -2.85. The Balaban J connectivity index is 2.26. The molecule has 0 fully saturated rings. The minimum Gasteiger partial charge on any atom is -0.467 e. The van der Waals surface area contributed by atoms with Crippen LogP contribution in [0.3, 0.4) is 0 Å². The summed E-state index contributed by atoms with van der Waals surface area (Å²) in [5.74, 6) is 0.0346. The molecule has 1 heterocycles. The van der Waals surface area contributed by atoms with E-state index in [4.69, 9.17) is 4.42 Å². The molecule has 0 aliphatic heterocycles. The van der Waals surface area contributed by atoms with Crippen LogP contribution >= 0.6 is 0 Å². The zero-order valence-corrected chi connectivity index (χ0v) is 9.17. The molecule has 4 nitrogen and oxygen atoms in total. The predicted octanol–water partition coefficient (Wildman–Crippen LogP) is 1.61. The summed E-state index contributed by atoms with van der Waals surface area (Å²) in [6.45, 7) is 0.112. The number of alkyl halides is 3. The Bertz CT molecular complexity index is 349. The fraction of sp³-hybridized carbons (Fsp3) is 0.500. The molecule has 1 rings (SSSR count). The minimum atomic E-state index is -4.31. The first-order valence-corrected chi connectivity index (χ1v) is 4.99. The van der Waals surface area contributed by atoms with Crippen molar-refractivity contribution in [2.75, 3.05) is 13.1 Å². The summed E-state index contributed by atoms with van der Waals surface area (Å²) in [5, 5.41) is 4.51. The lowest BCUT2D eigenvalue weighted by molar-refractivity contribution is -0.128. The standard InChI is InChI=1S/C10H13F3N2O2/c1-7(8-3-2-4-17-8)15-9(16)5-14-6-10(11,12)13/h2-4,7,14H,5-6H2,1H3,(H,15,16). The third kappa shape index (κ3) is 5.39. The van der Waals surface area contributed by atoms with Crippen LogP contribution in [-0.2, 0) is 4.79 Å². The third-order valence-corrected chi connectivity index (χ3v) is 1.96. The number of hydrogen-bond donors (Lipinski definition) is 2. The highest BCUT2D eigenvalue weighted by molar-refractivity contribution is 5.78.